The molecule has 2 aromatic carbocycles. The first-order valence-electron chi connectivity index (χ1n) is 14.4. The van der Waals surface area contributed by atoms with E-state index < -0.39 is 7.60 Å². The molecule has 9 nitrogen and oxygen atoms in total. The molecule has 0 bridgehead atoms. The van der Waals surface area contributed by atoms with Gasteiger partial charge < -0.3 is 25.0 Å². The van der Waals surface area contributed by atoms with Crippen LogP contribution in [0.25, 0.3) is 0 Å². The van der Waals surface area contributed by atoms with Crippen LogP contribution in [0.15, 0.2) is 48.5 Å². The number of anilines is 1. The van der Waals surface area contributed by atoms with E-state index in [-0.39, 0.29) is 37.2 Å². The quantitative estimate of drug-likeness (QED) is 0.0885. The van der Waals surface area contributed by atoms with Crippen molar-refractivity contribution in [3.63, 3.8) is 0 Å². The predicted molar refractivity (Wildman–Crippen MR) is 175 cm³/mol. The molecule has 1 aliphatic heterocycles. The predicted octanol–water partition coefficient (Wildman–Crippen LogP) is 5.11. The normalized spacial score (nSPS) is 13.3. The van der Waals surface area contributed by atoms with Crippen LogP contribution < -0.4 is 15.5 Å². The summed E-state index contributed by atoms with van der Waals surface area (Å²) in [4.78, 5) is 48.4. The molecule has 0 radical (unpaired) electrons. The number of unbranched alkanes of at least 4 members (excludes halogenated alkanes) is 3. The molecule has 0 spiro atoms. The zero-order chi connectivity index (χ0) is 30.9. The second kappa shape index (κ2) is 18.8. The highest BCUT2D eigenvalue weighted by Crippen LogP contribution is 2.36. The van der Waals surface area contributed by atoms with E-state index in [9.17, 15) is 18.9 Å². The maximum atomic E-state index is 13.2. The highest BCUT2D eigenvalue weighted by Gasteiger charge is 2.21. The molecule has 1 unspecified atom stereocenters. The Bertz CT molecular complexity index is 1340. The topological polar surface area (TPSA) is 125 Å². The second-order valence-electron chi connectivity index (χ2n) is 10.0. The van der Waals surface area contributed by atoms with Crippen LogP contribution in [0.5, 0.6) is 0 Å². The van der Waals surface area contributed by atoms with Crippen molar-refractivity contribution in [3.8, 4) is 11.8 Å². The van der Waals surface area contributed by atoms with Crippen LogP contribution in [0.3, 0.4) is 0 Å². The van der Waals surface area contributed by atoms with Gasteiger partial charge >= 0.3 is 7.60 Å². The Morgan fingerprint density at radius 3 is 2.33 bits per heavy atom. The Labute approximate surface area is 262 Å². The molecule has 1 aliphatic rings. The van der Waals surface area contributed by atoms with Crippen molar-refractivity contribution in [1.82, 2.24) is 10.6 Å². The number of hydrogen-bond acceptors (Lipinski definition) is 7. The van der Waals surface area contributed by atoms with Crippen LogP contribution in [0.4, 0.5) is 5.69 Å². The molecule has 3 N–H and O–H groups in total. The summed E-state index contributed by atoms with van der Waals surface area (Å²) in [5.41, 5.74) is 3.42. The van der Waals surface area contributed by atoms with Crippen molar-refractivity contribution in [2.24, 2.45) is 0 Å². The van der Waals surface area contributed by atoms with Crippen LogP contribution >= 0.6 is 29.2 Å². The molecular weight excluding hydrogens is 605 g/mol. The van der Waals surface area contributed by atoms with E-state index in [2.05, 4.69) is 22.5 Å². The van der Waals surface area contributed by atoms with Crippen molar-refractivity contribution in [2.75, 3.05) is 42.8 Å². The molecular formula is C31H40N3O6PS2. The van der Waals surface area contributed by atoms with Crippen LogP contribution in [-0.2, 0) is 30.0 Å². The van der Waals surface area contributed by atoms with E-state index in [0.717, 1.165) is 48.1 Å². The Balaban J connectivity index is 1.24. The zero-order valence-electron chi connectivity index (χ0n) is 24.5. The minimum Gasteiger partial charge on any atom is -0.356 e. The molecule has 0 saturated carbocycles. The molecule has 232 valence electrons. The van der Waals surface area contributed by atoms with Gasteiger partial charge in [-0.25, -0.2) is 0 Å². The molecule has 0 aromatic heterocycles. The zero-order valence-corrected chi connectivity index (χ0v) is 27.0. The number of para-hydroxylation sites is 1. The summed E-state index contributed by atoms with van der Waals surface area (Å²) in [6.07, 6.45) is 4.02. The average Bonchev–Trinajstić information content (AvgIpc) is 2.97. The van der Waals surface area contributed by atoms with Crippen molar-refractivity contribution in [3.05, 3.63) is 65.2 Å². The Kier molecular flexibility index (Phi) is 15.2. The van der Waals surface area contributed by atoms with Gasteiger partial charge in [0.05, 0.1) is 18.8 Å². The van der Waals surface area contributed by atoms with E-state index >= 15 is 0 Å². The summed E-state index contributed by atoms with van der Waals surface area (Å²) >= 11 is 0. The number of fused-ring (bicyclic) bond motifs is 2. The summed E-state index contributed by atoms with van der Waals surface area (Å²) < 4.78 is 15.9. The van der Waals surface area contributed by atoms with E-state index in [1.807, 2.05) is 48.5 Å². The number of hydrogen-bond donors (Lipinski definition) is 3. The van der Waals surface area contributed by atoms with Gasteiger partial charge in [-0.2, -0.15) is 0 Å². The van der Waals surface area contributed by atoms with Gasteiger partial charge in [0.1, 0.15) is 0 Å². The van der Waals surface area contributed by atoms with E-state index in [4.69, 9.17) is 9.42 Å². The monoisotopic (exact) mass is 645 g/mol. The molecule has 0 saturated heterocycles. The highest BCUT2D eigenvalue weighted by molar-refractivity contribution is 8.76. The Hall–Kier alpha value is -2.74. The van der Waals surface area contributed by atoms with Crippen LogP contribution in [0, 0.1) is 11.8 Å². The lowest BCUT2D eigenvalue weighted by Crippen LogP contribution is -2.33. The van der Waals surface area contributed by atoms with Gasteiger partial charge in [-0.15, -0.1) is 0 Å². The van der Waals surface area contributed by atoms with E-state index in [1.54, 1.807) is 26.5 Å². The fourth-order valence-corrected chi connectivity index (χ4v) is 6.63. The van der Waals surface area contributed by atoms with E-state index in [0.29, 0.717) is 37.6 Å². The summed E-state index contributed by atoms with van der Waals surface area (Å²) in [7, 11) is -0.197. The number of benzene rings is 2. The first-order chi connectivity index (χ1) is 20.7. The fraction of sp³-hybridized carbons (Fsp3) is 0.452. The van der Waals surface area contributed by atoms with Crippen LogP contribution in [0.2, 0.25) is 0 Å². The third kappa shape index (κ3) is 13.6. The van der Waals surface area contributed by atoms with Crippen molar-refractivity contribution < 1.29 is 28.4 Å². The van der Waals surface area contributed by atoms with Crippen molar-refractivity contribution in [1.29, 1.82) is 0 Å². The molecule has 43 heavy (non-hydrogen) atoms. The molecule has 2 aromatic rings. The van der Waals surface area contributed by atoms with Gasteiger partial charge in [-0.1, -0.05) is 76.6 Å². The molecule has 3 amide bonds. The van der Waals surface area contributed by atoms with Crippen LogP contribution in [0.1, 0.15) is 61.6 Å². The first kappa shape index (κ1) is 34.7. The lowest BCUT2D eigenvalue weighted by molar-refractivity contribution is -0.125. The number of nitrogens with one attached hydrogen (secondary N) is 2. The standard InChI is InChI=1S/C31H40N3O6PS2/c1-41(38,39)40-21-9-3-2-8-19-32-30(36)18-22-42-43-23-20-33-29(35)16-17-31(37)34-24-27-12-5-4-10-25(27)14-15-26-11-6-7-13-28(26)34/h4-7,10-13H,2-3,8-9,16-24H2,1H3,(H,32,36)(H,33,35)(H,38,39). The molecule has 1 heterocycles. The lowest BCUT2D eigenvalue weighted by atomic mass is 10.0. The molecule has 0 aliphatic carbocycles. The van der Waals surface area contributed by atoms with Crippen molar-refractivity contribution >= 4 is 52.6 Å². The van der Waals surface area contributed by atoms with Gasteiger partial charge in [-0.05, 0) is 36.6 Å². The van der Waals surface area contributed by atoms with Gasteiger partial charge in [0.25, 0.3) is 0 Å². The first-order valence-corrected chi connectivity index (χ1v) is 19.0. The SMILES string of the molecule is CP(=O)(O)OCCCCCCNC(=O)CCSSCCNC(=O)CCC(=O)N1Cc2ccccc2C#Cc2ccccc21. The number of rotatable bonds is 18. The van der Waals surface area contributed by atoms with Crippen molar-refractivity contribution in [2.45, 2.75) is 51.5 Å². The van der Waals surface area contributed by atoms with Crippen LogP contribution in [-0.4, -0.2) is 60.5 Å². The molecule has 3 rings (SSSR count). The van der Waals surface area contributed by atoms with Gasteiger partial charge in [-0.3, -0.25) is 18.9 Å². The maximum Gasteiger partial charge on any atom is 0.325 e. The third-order valence-corrected chi connectivity index (χ3v) is 9.54. The summed E-state index contributed by atoms with van der Waals surface area (Å²) in [5, 5.41) is 5.78. The minimum atomic E-state index is -3.39. The van der Waals surface area contributed by atoms with E-state index in [1.165, 1.54) is 6.66 Å². The van der Waals surface area contributed by atoms with Gasteiger partial charge in [0, 0.05) is 61.6 Å². The summed E-state index contributed by atoms with van der Waals surface area (Å²) in [5.74, 6) is 7.51. The molecule has 1 atom stereocenters. The highest BCUT2D eigenvalue weighted by atomic mass is 33.1. The maximum absolute atomic E-state index is 13.2. The second-order valence-corrected chi connectivity index (χ2v) is 14.6. The van der Waals surface area contributed by atoms with Gasteiger partial charge in [0.2, 0.25) is 17.7 Å². The fourth-order valence-electron chi connectivity index (χ4n) is 4.27. The summed E-state index contributed by atoms with van der Waals surface area (Å²) in [6.45, 7) is 2.96. The number of carbonyl (C=O) groups is 3. The number of amides is 3. The number of carbonyl (C=O) groups excluding carboxylic acids is 3. The lowest BCUT2D eigenvalue weighted by Gasteiger charge is -2.26. The Morgan fingerprint density at radius 1 is 0.860 bits per heavy atom. The number of nitrogens with zero attached hydrogens (tertiary/aromatic N) is 1. The largest absolute Gasteiger partial charge is 0.356 e. The molecule has 0 fully saturated rings. The third-order valence-electron chi connectivity index (χ3n) is 6.47. The Morgan fingerprint density at radius 2 is 1.51 bits per heavy atom. The summed E-state index contributed by atoms with van der Waals surface area (Å²) in [6, 6.07) is 15.4. The van der Waals surface area contributed by atoms with Gasteiger partial charge in [0.15, 0.2) is 0 Å². The smallest absolute Gasteiger partial charge is 0.325 e. The molecule has 12 heteroatoms. The average molecular weight is 646 g/mol. The minimum absolute atomic E-state index is 0.0137.